The molecule has 0 bridgehead atoms. The van der Waals surface area contributed by atoms with E-state index in [0.29, 0.717) is 30.6 Å². The first-order valence-electron chi connectivity index (χ1n) is 7.72. The zero-order valence-electron chi connectivity index (χ0n) is 12.4. The highest BCUT2D eigenvalue weighted by Crippen LogP contribution is 2.36. The van der Waals surface area contributed by atoms with Gasteiger partial charge in [0.2, 0.25) is 0 Å². The molecule has 2 saturated carbocycles. The summed E-state index contributed by atoms with van der Waals surface area (Å²) in [4.78, 5) is 23.8. The highest BCUT2D eigenvalue weighted by molar-refractivity contribution is 6.00. The Bertz CT molecular complexity index is 348. The molecule has 0 heterocycles. The van der Waals surface area contributed by atoms with E-state index < -0.39 is 5.92 Å². The van der Waals surface area contributed by atoms with Crippen LogP contribution in [-0.4, -0.2) is 17.9 Å². The smallest absolute Gasteiger partial charge is 0.316 e. The van der Waals surface area contributed by atoms with E-state index in [0.717, 1.165) is 19.3 Å². The van der Waals surface area contributed by atoms with Gasteiger partial charge in [0.1, 0.15) is 17.8 Å². The second kappa shape index (κ2) is 6.06. The minimum Gasteiger partial charge on any atom is -0.462 e. The molecular weight excluding hydrogens is 240 g/mol. The van der Waals surface area contributed by atoms with Crippen molar-refractivity contribution in [2.75, 3.05) is 0 Å². The average molecular weight is 266 g/mol. The van der Waals surface area contributed by atoms with Gasteiger partial charge in [0, 0.05) is 6.42 Å². The Kier molecular flexibility index (Phi) is 4.64. The third-order valence-corrected chi connectivity index (χ3v) is 4.82. The number of carbonyl (C=O) groups is 2. The van der Waals surface area contributed by atoms with E-state index in [4.69, 9.17) is 4.74 Å². The van der Waals surface area contributed by atoms with Crippen molar-refractivity contribution >= 4 is 11.8 Å². The number of hydrogen-bond donors (Lipinski definition) is 0. The zero-order valence-corrected chi connectivity index (χ0v) is 12.4. The van der Waals surface area contributed by atoms with Crippen LogP contribution in [0.25, 0.3) is 0 Å². The molecule has 2 aliphatic rings. The maximum absolute atomic E-state index is 12.2. The molecule has 4 atom stereocenters. The van der Waals surface area contributed by atoms with Crippen LogP contribution in [0, 0.1) is 23.7 Å². The molecule has 0 aliphatic heterocycles. The molecule has 2 rings (SSSR count). The van der Waals surface area contributed by atoms with Crippen molar-refractivity contribution < 1.29 is 14.3 Å². The number of carbonyl (C=O) groups excluding carboxylic acids is 2. The summed E-state index contributed by atoms with van der Waals surface area (Å²) in [6.07, 6.45) is 5.41. The highest BCUT2D eigenvalue weighted by atomic mass is 16.5. The Hall–Kier alpha value is -0.860. The van der Waals surface area contributed by atoms with Gasteiger partial charge in [-0.05, 0) is 43.4 Å². The first-order chi connectivity index (χ1) is 8.99. The van der Waals surface area contributed by atoms with E-state index in [2.05, 4.69) is 20.8 Å². The lowest BCUT2D eigenvalue weighted by atomic mass is 9.75. The quantitative estimate of drug-likeness (QED) is 0.581. The fourth-order valence-corrected chi connectivity index (χ4v) is 3.55. The lowest BCUT2D eigenvalue weighted by molar-refractivity contribution is -0.162. The number of rotatable bonds is 3. The van der Waals surface area contributed by atoms with Crippen molar-refractivity contribution in [1.29, 1.82) is 0 Å². The van der Waals surface area contributed by atoms with Gasteiger partial charge in [-0.2, -0.15) is 0 Å². The van der Waals surface area contributed by atoms with E-state index in [1.54, 1.807) is 0 Å². The van der Waals surface area contributed by atoms with Crippen LogP contribution in [0.4, 0.5) is 0 Å². The number of hydrogen-bond acceptors (Lipinski definition) is 3. The van der Waals surface area contributed by atoms with Gasteiger partial charge in [0.05, 0.1) is 0 Å². The number of ether oxygens (including phenoxy) is 1. The van der Waals surface area contributed by atoms with Crippen LogP contribution in [0.3, 0.4) is 0 Å². The second-order valence-electron chi connectivity index (χ2n) is 6.71. The molecule has 4 unspecified atom stereocenters. The zero-order chi connectivity index (χ0) is 14.0. The summed E-state index contributed by atoms with van der Waals surface area (Å²) in [5.74, 6) is 0.959. The molecule has 19 heavy (non-hydrogen) atoms. The Morgan fingerprint density at radius 1 is 1.26 bits per heavy atom. The SMILES string of the molecule is CC1CCC(C(C)C)C(OC(=O)C2CCCC2=O)C1. The van der Waals surface area contributed by atoms with Crippen molar-refractivity contribution in [3.8, 4) is 0 Å². The number of Topliss-reactive ketones (excluding diaryl/α,β-unsaturated/α-hetero) is 1. The topological polar surface area (TPSA) is 43.4 Å². The molecule has 0 aromatic heterocycles. The summed E-state index contributed by atoms with van der Waals surface area (Å²) in [6, 6.07) is 0. The van der Waals surface area contributed by atoms with Gasteiger partial charge in [0.25, 0.3) is 0 Å². The largest absolute Gasteiger partial charge is 0.462 e. The molecule has 0 amide bonds. The molecule has 0 N–H and O–H groups in total. The number of esters is 1. The lowest BCUT2D eigenvalue weighted by Gasteiger charge is -2.37. The van der Waals surface area contributed by atoms with Crippen molar-refractivity contribution in [2.24, 2.45) is 23.7 Å². The lowest BCUT2D eigenvalue weighted by Crippen LogP contribution is -2.37. The first kappa shape index (κ1) is 14.5. The van der Waals surface area contributed by atoms with E-state index in [-0.39, 0.29) is 17.9 Å². The minimum absolute atomic E-state index is 0.0182. The summed E-state index contributed by atoms with van der Waals surface area (Å²) in [6.45, 7) is 6.61. The Morgan fingerprint density at radius 3 is 2.58 bits per heavy atom. The van der Waals surface area contributed by atoms with E-state index in [1.807, 2.05) is 0 Å². The van der Waals surface area contributed by atoms with Gasteiger partial charge in [-0.3, -0.25) is 9.59 Å². The van der Waals surface area contributed by atoms with Gasteiger partial charge in [-0.25, -0.2) is 0 Å². The van der Waals surface area contributed by atoms with Crippen LogP contribution < -0.4 is 0 Å². The number of ketones is 1. The summed E-state index contributed by atoms with van der Waals surface area (Å²) in [5, 5.41) is 0. The predicted octanol–water partition coefficient (Wildman–Crippen LogP) is 3.36. The third-order valence-electron chi connectivity index (χ3n) is 4.82. The summed E-state index contributed by atoms with van der Waals surface area (Å²) < 4.78 is 5.73. The Labute approximate surface area is 116 Å². The van der Waals surface area contributed by atoms with E-state index >= 15 is 0 Å². The fraction of sp³-hybridized carbons (Fsp3) is 0.875. The molecule has 2 aliphatic carbocycles. The molecule has 0 aromatic rings. The molecule has 3 heteroatoms. The van der Waals surface area contributed by atoms with E-state index in [1.165, 1.54) is 6.42 Å². The minimum atomic E-state index is -0.468. The normalized spacial score (nSPS) is 35.7. The van der Waals surface area contributed by atoms with Gasteiger partial charge >= 0.3 is 5.97 Å². The third kappa shape index (κ3) is 3.37. The summed E-state index contributed by atoms with van der Waals surface area (Å²) in [5.41, 5.74) is 0. The molecule has 0 spiro atoms. The molecule has 108 valence electrons. The molecular formula is C16H26O3. The highest BCUT2D eigenvalue weighted by Gasteiger charge is 2.38. The van der Waals surface area contributed by atoms with Crippen molar-refractivity contribution in [3.05, 3.63) is 0 Å². The standard InChI is InChI=1S/C16H26O3/c1-10(2)12-8-7-11(3)9-15(12)19-16(18)13-5-4-6-14(13)17/h10-13,15H,4-9H2,1-3H3. The van der Waals surface area contributed by atoms with Crippen molar-refractivity contribution in [1.82, 2.24) is 0 Å². The molecule has 0 saturated heterocycles. The predicted molar refractivity (Wildman–Crippen MR) is 73.6 cm³/mol. The van der Waals surface area contributed by atoms with Crippen molar-refractivity contribution in [3.63, 3.8) is 0 Å². The van der Waals surface area contributed by atoms with Crippen LogP contribution in [0.1, 0.15) is 59.3 Å². The maximum Gasteiger partial charge on any atom is 0.316 e. The summed E-state index contributed by atoms with van der Waals surface area (Å²) >= 11 is 0. The van der Waals surface area contributed by atoms with E-state index in [9.17, 15) is 9.59 Å². The Morgan fingerprint density at radius 2 is 2.00 bits per heavy atom. The average Bonchev–Trinajstić information content (AvgIpc) is 2.75. The fourth-order valence-electron chi connectivity index (χ4n) is 3.55. The molecule has 2 fully saturated rings. The van der Waals surface area contributed by atoms with Crippen LogP contribution in [0.15, 0.2) is 0 Å². The van der Waals surface area contributed by atoms with Crippen LogP contribution >= 0.6 is 0 Å². The van der Waals surface area contributed by atoms with Gasteiger partial charge in [-0.15, -0.1) is 0 Å². The second-order valence-corrected chi connectivity index (χ2v) is 6.71. The monoisotopic (exact) mass is 266 g/mol. The van der Waals surface area contributed by atoms with Crippen LogP contribution in [0.5, 0.6) is 0 Å². The van der Waals surface area contributed by atoms with Gasteiger partial charge in [0.15, 0.2) is 0 Å². The molecule has 0 radical (unpaired) electrons. The summed E-state index contributed by atoms with van der Waals surface area (Å²) in [7, 11) is 0. The van der Waals surface area contributed by atoms with Crippen LogP contribution in [0.2, 0.25) is 0 Å². The van der Waals surface area contributed by atoms with Crippen molar-refractivity contribution in [2.45, 2.75) is 65.4 Å². The van der Waals surface area contributed by atoms with Crippen LogP contribution in [-0.2, 0) is 14.3 Å². The van der Waals surface area contributed by atoms with Gasteiger partial charge in [-0.1, -0.05) is 27.2 Å². The molecule has 0 aromatic carbocycles. The van der Waals surface area contributed by atoms with Gasteiger partial charge < -0.3 is 4.74 Å². The maximum atomic E-state index is 12.2. The Balaban J connectivity index is 1.98. The first-order valence-corrected chi connectivity index (χ1v) is 7.72. The molecule has 3 nitrogen and oxygen atoms in total.